The van der Waals surface area contributed by atoms with E-state index in [-0.39, 0.29) is 34.7 Å². The van der Waals surface area contributed by atoms with Crippen LogP contribution in [0.25, 0.3) is 0 Å². The highest BCUT2D eigenvalue weighted by atomic mass is 16.6. The van der Waals surface area contributed by atoms with Gasteiger partial charge in [-0.1, -0.05) is 53.5 Å². The van der Waals surface area contributed by atoms with E-state index in [4.69, 9.17) is 14.2 Å². The number of cyclic esters (lactones) is 1. The van der Waals surface area contributed by atoms with E-state index < -0.39 is 40.1 Å². The molecule has 0 unspecified atom stereocenters. The smallest absolute Gasteiger partial charge is 0.320 e. The predicted molar refractivity (Wildman–Crippen MR) is 154 cm³/mol. The van der Waals surface area contributed by atoms with Crippen molar-refractivity contribution in [1.29, 1.82) is 0 Å². The minimum atomic E-state index is -1.45. The Hall–Kier alpha value is -1.89. The lowest BCUT2D eigenvalue weighted by atomic mass is 9.40. The fourth-order valence-electron chi connectivity index (χ4n) is 10.9. The lowest BCUT2D eigenvalue weighted by Gasteiger charge is -2.64. The molecule has 3 saturated carbocycles. The minimum Gasteiger partial charge on any atom is -0.462 e. The zero-order valence-electron chi connectivity index (χ0n) is 26.7. The van der Waals surface area contributed by atoms with Gasteiger partial charge in [-0.05, 0) is 93.0 Å². The molecule has 1 aliphatic heterocycles. The van der Waals surface area contributed by atoms with Crippen LogP contribution in [0.15, 0.2) is 11.6 Å². The van der Waals surface area contributed by atoms with Crippen molar-refractivity contribution >= 4 is 17.9 Å². The normalized spacial score (nSPS) is 46.0. The zero-order valence-corrected chi connectivity index (χ0v) is 26.7. The van der Waals surface area contributed by atoms with Gasteiger partial charge >= 0.3 is 17.9 Å². The van der Waals surface area contributed by atoms with Crippen molar-refractivity contribution < 1.29 is 33.7 Å². The number of carbonyl (C=O) groups is 3. The van der Waals surface area contributed by atoms with E-state index in [1.165, 1.54) is 19.4 Å². The van der Waals surface area contributed by atoms with E-state index in [2.05, 4.69) is 47.6 Å². The molecule has 0 aromatic carbocycles. The number of allylic oxidation sites excluding steroid dienone is 1. The van der Waals surface area contributed by atoms with Crippen LogP contribution in [0.4, 0.5) is 0 Å². The molecule has 7 heteroatoms. The quantitative estimate of drug-likeness (QED) is 0.226. The summed E-state index contributed by atoms with van der Waals surface area (Å²) in [6.07, 6.45) is 7.89. The molecule has 9 atom stereocenters. The van der Waals surface area contributed by atoms with Crippen LogP contribution in [0.5, 0.6) is 0 Å². The van der Waals surface area contributed by atoms with E-state index in [0.717, 1.165) is 38.5 Å². The highest BCUT2D eigenvalue weighted by Crippen LogP contribution is 2.77. The summed E-state index contributed by atoms with van der Waals surface area (Å²) in [6, 6.07) is 0. The number of hydrogen-bond acceptors (Lipinski definition) is 7. The predicted octanol–water partition coefficient (Wildman–Crippen LogP) is 6.30. The second kappa shape index (κ2) is 9.56. The number of hydrogen-bond donors (Lipinski definition) is 1. The SMILES string of the molecule is CC(=O)O[C@H]1CC[C@]2(C)C3=C[C@@H](OC(C)=O)[C@]45C(=O)O[C@@](C)(CCCC(C)C)[C@@]4(O)CC[C@@]5(C)[C@@H]3CC[C@H]2C1(C)C. The molecule has 41 heavy (non-hydrogen) atoms. The molecule has 0 aromatic rings. The maximum absolute atomic E-state index is 14.4. The largest absolute Gasteiger partial charge is 0.462 e. The third-order valence-corrected chi connectivity index (χ3v) is 12.8. The number of fused-ring (bicyclic) bond motifs is 4. The van der Waals surface area contributed by atoms with Crippen molar-refractivity contribution in [3.63, 3.8) is 0 Å². The molecule has 0 bridgehead atoms. The summed E-state index contributed by atoms with van der Waals surface area (Å²) in [5.41, 5.74) is -3.71. The van der Waals surface area contributed by atoms with E-state index in [0.29, 0.717) is 25.2 Å². The third kappa shape index (κ3) is 3.88. The fraction of sp³-hybridized carbons (Fsp3) is 0.853. The van der Waals surface area contributed by atoms with Crippen molar-refractivity contribution in [1.82, 2.24) is 0 Å². The van der Waals surface area contributed by atoms with Crippen molar-refractivity contribution in [2.45, 2.75) is 144 Å². The van der Waals surface area contributed by atoms with Gasteiger partial charge < -0.3 is 19.3 Å². The molecule has 0 amide bonds. The van der Waals surface area contributed by atoms with Crippen molar-refractivity contribution in [2.75, 3.05) is 0 Å². The van der Waals surface area contributed by atoms with E-state index >= 15 is 0 Å². The molecule has 1 spiro atoms. The van der Waals surface area contributed by atoms with Gasteiger partial charge in [-0.15, -0.1) is 0 Å². The molecule has 5 aliphatic rings. The van der Waals surface area contributed by atoms with Gasteiger partial charge in [0.1, 0.15) is 28.8 Å². The molecule has 1 heterocycles. The first kappa shape index (κ1) is 30.6. The van der Waals surface area contributed by atoms with E-state index in [1.54, 1.807) is 0 Å². The maximum Gasteiger partial charge on any atom is 0.320 e. The number of esters is 3. The van der Waals surface area contributed by atoms with Gasteiger partial charge in [-0.2, -0.15) is 0 Å². The van der Waals surface area contributed by atoms with Crippen LogP contribution in [0, 0.1) is 39.4 Å². The Labute approximate surface area is 246 Å². The van der Waals surface area contributed by atoms with Crippen LogP contribution in [-0.4, -0.2) is 46.4 Å². The van der Waals surface area contributed by atoms with Gasteiger partial charge in [0.05, 0.1) is 0 Å². The van der Waals surface area contributed by atoms with Crippen LogP contribution < -0.4 is 0 Å². The average molecular weight is 573 g/mol. The summed E-state index contributed by atoms with van der Waals surface area (Å²) >= 11 is 0. The van der Waals surface area contributed by atoms with Gasteiger partial charge in [0.25, 0.3) is 0 Å². The van der Waals surface area contributed by atoms with Crippen LogP contribution >= 0.6 is 0 Å². The summed E-state index contributed by atoms with van der Waals surface area (Å²) in [6.45, 7) is 18.0. The Morgan fingerprint density at radius 1 is 1.00 bits per heavy atom. The number of rotatable bonds is 6. The molecule has 5 rings (SSSR count). The molecule has 4 fully saturated rings. The molecule has 1 N–H and O–H groups in total. The zero-order chi connectivity index (χ0) is 30.4. The third-order valence-electron chi connectivity index (χ3n) is 12.8. The van der Waals surface area contributed by atoms with Crippen LogP contribution in [-0.2, 0) is 28.6 Å². The molecule has 1 saturated heterocycles. The summed E-state index contributed by atoms with van der Waals surface area (Å²) in [5, 5.41) is 12.8. The highest BCUT2D eigenvalue weighted by molar-refractivity contribution is 5.87. The molecule has 0 aromatic heterocycles. The molecular formula is C34H52O7. The number of aliphatic hydroxyl groups is 1. The topological polar surface area (TPSA) is 99.1 Å². The molecular weight excluding hydrogens is 520 g/mol. The van der Waals surface area contributed by atoms with Crippen LogP contribution in [0.3, 0.4) is 0 Å². The monoisotopic (exact) mass is 572 g/mol. The minimum absolute atomic E-state index is 0.0521. The van der Waals surface area contributed by atoms with Gasteiger partial charge in [0, 0.05) is 19.3 Å². The Kier molecular flexibility index (Phi) is 7.12. The Morgan fingerprint density at radius 2 is 1.66 bits per heavy atom. The first-order valence-corrected chi connectivity index (χ1v) is 15.9. The lowest BCUT2D eigenvalue weighted by Crippen LogP contribution is -2.68. The summed E-state index contributed by atoms with van der Waals surface area (Å²) in [4.78, 5) is 39.0. The summed E-state index contributed by atoms with van der Waals surface area (Å²) in [7, 11) is 0. The van der Waals surface area contributed by atoms with Crippen molar-refractivity contribution in [3.8, 4) is 0 Å². The van der Waals surface area contributed by atoms with Crippen molar-refractivity contribution in [3.05, 3.63) is 11.6 Å². The lowest BCUT2D eigenvalue weighted by molar-refractivity contribution is -0.200. The second-order valence-electron chi connectivity index (χ2n) is 15.7. The highest BCUT2D eigenvalue weighted by Gasteiger charge is 2.86. The standard InChI is InChI=1S/C34H52O7/c1-20(2)11-10-15-32(9)33(38)18-17-31(8)23-12-13-25-29(5,6)26(39-21(3)35)14-16-30(25,7)24(23)19-27(40-22(4)36)34(31,33)28(37)41-32/h19-20,23,25-27,38H,10-18H2,1-9H3/t23-,25+,26+,27-,30-,31+,32+,33+,34-/m1/s1. The van der Waals surface area contributed by atoms with Crippen LogP contribution in [0.2, 0.25) is 0 Å². The molecule has 230 valence electrons. The van der Waals surface area contributed by atoms with E-state index in [1.807, 2.05) is 6.92 Å². The Morgan fingerprint density at radius 3 is 2.27 bits per heavy atom. The first-order chi connectivity index (χ1) is 18.9. The Balaban J connectivity index is 1.63. The molecule has 0 radical (unpaired) electrons. The van der Waals surface area contributed by atoms with Gasteiger partial charge in [-0.25, -0.2) is 0 Å². The average Bonchev–Trinajstić information content (AvgIpc) is 3.20. The van der Waals surface area contributed by atoms with Gasteiger partial charge in [0.15, 0.2) is 0 Å². The summed E-state index contributed by atoms with van der Waals surface area (Å²) < 4.78 is 18.2. The summed E-state index contributed by atoms with van der Waals surface area (Å²) in [5.74, 6) is -0.311. The number of ether oxygens (including phenoxy) is 3. The Bertz CT molecular complexity index is 1160. The van der Waals surface area contributed by atoms with E-state index in [9.17, 15) is 19.5 Å². The maximum atomic E-state index is 14.4. The van der Waals surface area contributed by atoms with Gasteiger partial charge in [0.2, 0.25) is 0 Å². The van der Waals surface area contributed by atoms with Crippen molar-refractivity contribution in [2.24, 2.45) is 39.4 Å². The van der Waals surface area contributed by atoms with Crippen LogP contribution in [0.1, 0.15) is 120 Å². The molecule has 7 nitrogen and oxygen atoms in total. The van der Waals surface area contributed by atoms with Gasteiger partial charge in [-0.3, -0.25) is 14.4 Å². The second-order valence-corrected chi connectivity index (χ2v) is 15.7. The first-order valence-electron chi connectivity index (χ1n) is 15.9. The number of carbonyl (C=O) groups excluding carboxylic acids is 3. The fourth-order valence-corrected chi connectivity index (χ4v) is 10.9. The molecule has 4 aliphatic carbocycles.